The van der Waals surface area contributed by atoms with Crippen LogP contribution in [-0.2, 0) is 9.84 Å². The van der Waals surface area contributed by atoms with Crippen molar-refractivity contribution in [2.24, 2.45) is 0 Å². The Morgan fingerprint density at radius 2 is 1.70 bits per heavy atom. The molecule has 0 aliphatic rings. The van der Waals surface area contributed by atoms with Crippen LogP contribution < -0.4 is 5.32 Å². The van der Waals surface area contributed by atoms with Crippen LogP contribution in [0.1, 0.15) is 34.0 Å². The number of rotatable bonds is 5. The number of carbonyl (C=O) groups excluding carboxylic acids is 1. The summed E-state index contributed by atoms with van der Waals surface area (Å²) in [5.41, 5.74) is 2.86. The van der Waals surface area contributed by atoms with Gasteiger partial charge in [-0.2, -0.15) is 0 Å². The van der Waals surface area contributed by atoms with Crippen LogP contribution in [0.25, 0.3) is 5.57 Å². The van der Waals surface area contributed by atoms with Gasteiger partial charge in [0, 0.05) is 29.8 Å². The molecule has 2 heterocycles. The molecule has 0 radical (unpaired) electrons. The van der Waals surface area contributed by atoms with E-state index in [1.54, 1.807) is 42.6 Å². The molecule has 0 unspecified atom stereocenters. The number of halogens is 1. The second-order valence-electron chi connectivity index (χ2n) is 6.68. The van der Waals surface area contributed by atoms with E-state index in [9.17, 15) is 17.6 Å². The molecule has 1 N–H and O–H groups in total. The van der Waals surface area contributed by atoms with Crippen molar-refractivity contribution < 1.29 is 17.6 Å². The molecular formula is C22H20FN3O3S. The predicted molar refractivity (Wildman–Crippen MR) is 113 cm³/mol. The van der Waals surface area contributed by atoms with Gasteiger partial charge in [-0.25, -0.2) is 17.8 Å². The van der Waals surface area contributed by atoms with Gasteiger partial charge in [0.1, 0.15) is 11.6 Å². The highest BCUT2D eigenvalue weighted by Gasteiger charge is 2.14. The molecule has 154 valence electrons. The minimum absolute atomic E-state index is 0.140. The van der Waals surface area contributed by atoms with Crippen LogP contribution in [0.5, 0.6) is 0 Å². The van der Waals surface area contributed by atoms with Gasteiger partial charge in [0.05, 0.1) is 16.7 Å². The number of nitrogens with one attached hydrogen (secondary N) is 1. The fourth-order valence-electron chi connectivity index (χ4n) is 2.92. The van der Waals surface area contributed by atoms with Gasteiger partial charge in [0.2, 0.25) is 0 Å². The summed E-state index contributed by atoms with van der Waals surface area (Å²) in [6.45, 7) is 3.38. The third-order valence-corrected chi connectivity index (χ3v) is 5.73. The van der Waals surface area contributed by atoms with Crippen molar-refractivity contribution in [3.63, 3.8) is 0 Å². The first-order valence-electron chi connectivity index (χ1n) is 9.05. The van der Waals surface area contributed by atoms with E-state index in [-0.39, 0.29) is 16.0 Å². The molecule has 0 saturated heterocycles. The molecule has 0 aliphatic carbocycles. The van der Waals surface area contributed by atoms with E-state index in [1.807, 2.05) is 13.0 Å². The molecule has 30 heavy (non-hydrogen) atoms. The second kappa shape index (κ2) is 8.54. The van der Waals surface area contributed by atoms with Crippen molar-refractivity contribution in [1.82, 2.24) is 9.97 Å². The van der Waals surface area contributed by atoms with Crippen LogP contribution in [0.4, 0.5) is 10.2 Å². The molecule has 6 nitrogen and oxygen atoms in total. The summed E-state index contributed by atoms with van der Waals surface area (Å²) >= 11 is 0. The molecule has 0 fully saturated rings. The van der Waals surface area contributed by atoms with Gasteiger partial charge >= 0.3 is 0 Å². The zero-order valence-electron chi connectivity index (χ0n) is 16.7. The minimum Gasteiger partial charge on any atom is -0.307 e. The van der Waals surface area contributed by atoms with Gasteiger partial charge in [-0.15, -0.1) is 0 Å². The summed E-state index contributed by atoms with van der Waals surface area (Å²) < 4.78 is 36.9. The Hall–Kier alpha value is -3.39. The van der Waals surface area contributed by atoms with Gasteiger partial charge in [0.25, 0.3) is 5.91 Å². The molecule has 3 aromatic rings. The SMILES string of the molecule is CC=C(c1ccc(S(C)(=O)=O)cc1)c1ccc(NC(=O)c2cncc(F)c2C)nc1. The minimum atomic E-state index is -3.26. The Bertz CT molecular complexity index is 1220. The molecule has 2 aromatic heterocycles. The normalized spacial score (nSPS) is 11.9. The van der Waals surface area contributed by atoms with Crippen LogP contribution in [0.2, 0.25) is 0 Å². The monoisotopic (exact) mass is 425 g/mol. The number of hydrogen-bond donors (Lipinski definition) is 1. The number of carbonyl (C=O) groups is 1. The zero-order valence-corrected chi connectivity index (χ0v) is 17.5. The molecule has 0 saturated carbocycles. The molecule has 1 aromatic carbocycles. The summed E-state index contributed by atoms with van der Waals surface area (Å²) in [5.74, 6) is -0.733. The number of aromatic nitrogens is 2. The lowest BCUT2D eigenvalue weighted by Gasteiger charge is -2.10. The predicted octanol–water partition coefficient (Wildman–Crippen LogP) is 4.03. The van der Waals surface area contributed by atoms with Crippen molar-refractivity contribution in [2.75, 3.05) is 11.6 Å². The van der Waals surface area contributed by atoms with Crippen molar-refractivity contribution in [3.8, 4) is 0 Å². The third kappa shape index (κ3) is 4.60. The number of amides is 1. The Kier molecular flexibility index (Phi) is 6.07. The van der Waals surface area contributed by atoms with E-state index in [1.165, 1.54) is 13.1 Å². The van der Waals surface area contributed by atoms with Gasteiger partial charge < -0.3 is 5.32 Å². The van der Waals surface area contributed by atoms with Crippen LogP contribution in [0.3, 0.4) is 0 Å². The lowest BCUT2D eigenvalue weighted by Crippen LogP contribution is -2.15. The zero-order chi connectivity index (χ0) is 21.9. The highest BCUT2D eigenvalue weighted by molar-refractivity contribution is 7.90. The number of benzene rings is 1. The molecule has 0 aliphatic heterocycles. The summed E-state index contributed by atoms with van der Waals surface area (Å²) in [5, 5.41) is 2.63. The van der Waals surface area contributed by atoms with E-state index < -0.39 is 21.6 Å². The van der Waals surface area contributed by atoms with Crippen LogP contribution in [-0.4, -0.2) is 30.5 Å². The second-order valence-corrected chi connectivity index (χ2v) is 8.69. The Morgan fingerprint density at radius 3 is 2.27 bits per heavy atom. The lowest BCUT2D eigenvalue weighted by molar-refractivity contribution is 0.102. The Balaban J connectivity index is 1.80. The van der Waals surface area contributed by atoms with Gasteiger partial charge in [-0.3, -0.25) is 9.78 Å². The van der Waals surface area contributed by atoms with Gasteiger partial charge in [-0.1, -0.05) is 18.2 Å². The average molecular weight is 425 g/mol. The lowest BCUT2D eigenvalue weighted by atomic mass is 9.99. The van der Waals surface area contributed by atoms with Crippen LogP contribution in [0, 0.1) is 12.7 Å². The first-order valence-corrected chi connectivity index (χ1v) is 10.9. The van der Waals surface area contributed by atoms with E-state index in [2.05, 4.69) is 15.3 Å². The molecular weight excluding hydrogens is 405 g/mol. The molecule has 1 amide bonds. The van der Waals surface area contributed by atoms with E-state index in [0.29, 0.717) is 5.82 Å². The fourth-order valence-corrected chi connectivity index (χ4v) is 3.55. The highest BCUT2D eigenvalue weighted by Crippen LogP contribution is 2.25. The first kappa shape index (κ1) is 21.3. The Morgan fingerprint density at radius 1 is 1.03 bits per heavy atom. The smallest absolute Gasteiger partial charge is 0.258 e. The average Bonchev–Trinajstić information content (AvgIpc) is 2.71. The molecule has 0 atom stereocenters. The summed E-state index contributed by atoms with van der Waals surface area (Å²) in [7, 11) is -3.26. The number of pyridine rings is 2. The van der Waals surface area contributed by atoms with E-state index in [4.69, 9.17) is 0 Å². The van der Waals surface area contributed by atoms with Crippen molar-refractivity contribution in [2.45, 2.75) is 18.7 Å². The molecule has 0 bridgehead atoms. The van der Waals surface area contributed by atoms with Crippen molar-refractivity contribution in [3.05, 3.63) is 89.1 Å². The largest absolute Gasteiger partial charge is 0.307 e. The number of hydrogen-bond acceptors (Lipinski definition) is 5. The summed E-state index contributed by atoms with van der Waals surface area (Å²) in [6, 6.07) is 10.0. The summed E-state index contributed by atoms with van der Waals surface area (Å²) in [4.78, 5) is 20.6. The topological polar surface area (TPSA) is 89.0 Å². The van der Waals surface area contributed by atoms with Crippen LogP contribution in [0.15, 0.2) is 66.0 Å². The molecule has 0 spiro atoms. The quantitative estimate of drug-likeness (QED) is 0.667. The van der Waals surface area contributed by atoms with E-state index >= 15 is 0 Å². The van der Waals surface area contributed by atoms with Crippen LogP contribution >= 0.6 is 0 Å². The number of allylic oxidation sites excluding steroid dienone is 1. The third-order valence-electron chi connectivity index (χ3n) is 4.60. The number of sulfone groups is 1. The van der Waals surface area contributed by atoms with Crippen molar-refractivity contribution >= 4 is 27.1 Å². The maximum atomic E-state index is 13.6. The maximum Gasteiger partial charge on any atom is 0.258 e. The number of nitrogens with zero attached hydrogens (tertiary/aromatic N) is 2. The first-order chi connectivity index (χ1) is 14.2. The van der Waals surface area contributed by atoms with Gasteiger partial charge in [-0.05, 0) is 49.2 Å². The van der Waals surface area contributed by atoms with E-state index in [0.717, 1.165) is 29.2 Å². The van der Waals surface area contributed by atoms with Crippen molar-refractivity contribution in [1.29, 1.82) is 0 Å². The standard InChI is InChI=1S/C22H20FN3O3S/c1-4-18(15-5-8-17(9-6-15)30(3,28)29)16-7-10-21(25-11-16)26-22(27)19-12-24-13-20(23)14(19)2/h4-13H,1-3H3,(H,25,26,27). The number of anilines is 1. The highest BCUT2D eigenvalue weighted by atomic mass is 32.2. The maximum absolute atomic E-state index is 13.6. The van der Waals surface area contributed by atoms with Gasteiger partial charge in [0.15, 0.2) is 9.84 Å². The molecule has 8 heteroatoms. The fraction of sp³-hybridized carbons (Fsp3) is 0.136. The summed E-state index contributed by atoms with van der Waals surface area (Å²) in [6.07, 6.45) is 7.02. The molecule has 3 rings (SSSR count). The Labute approximate surface area is 174 Å².